The molecule has 1 atom stereocenters. The van der Waals surface area contributed by atoms with E-state index in [9.17, 15) is 9.18 Å². The maximum absolute atomic E-state index is 13.1. The molecule has 4 nitrogen and oxygen atoms in total. The van der Waals surface area contributed by atoms with Gasteiger partial charge in [-0.05, 0) is 37.6 Å². The summed E-state index contributed by atoms with van der Waals surface area (Å²) in [6.07, 6.45) is -0.506. The summed E-state index contributed by atoms with van der Waals surface area (Å²) in [4.78, 5) is 10.7. The summed E-state index contributed by atoms with van der Waals surface area (Å²) in [6, 6.07) is 7.13. The van der Waals surface area contributed by atoms with E-state index in [0.29, 0.717) is 11.5 Å². The maximum atomic E-state index is 13.1. The molecular formula is C14H13FO4. The summed E-state index contributed by atoms with van der Waals surface area (Å²) in [5, 5.41) is 8.77. The van der Waals surface area contributed by atoms with Crippen molar-refractivity contribution < 1.29 is 23.4 Å². The largest absolute Gasteiger partial charge is 0.482 e. The molecule has 0 aliphatic heterocycles. The number of hydrogen-bond donors (Lipinski definition) is 1. The molecule has 0 radical (unpaired) electrons. The molecular weight excluding hydrogens is 251 g/mol. The number of benzene rings is 1. The van der Waals surface area contributed by atoms with Crippen LogP contribution in [0.25, 0.3) is 0 Å². The number of furan rings is 1. The Morgan fingerprint density at radius 3 is 2.74 bits per heavy atom. The van der Waals surface area contributed by atoms with E-state index in [1.54, 1.807) is 19.9 Å². The fraction of sp³-hybridized carbons (Fsp3) is 0.214. The average Bonchev–Trinajstić information content (AvgIpc) is 2.83. The summed E-state index contributed by atoms with van der Waals surface area (Å²) in [6.45, 7) is 3.50. The second-order valence-corrected chi connectivity index (χ2v) is 4.18. The summed E-state index contributed by atoms with van der Waals surface area (Å²) in [7, 11) is 0. The van der Waals surface area contributed by atoms with Crippen LogP contribution in [-0.4, -0.2) is 11.1 Å². The van der Waals surface area contributed by atoms with E-state index in [-0.39, 0.29) is 5.76 Å². The fourth-order valence-corrected chi connectivity index (χ4v) is 1.64. The number of aryl methyl sites for hydroxylation is 1. The first-order valence-corrected chi connectivity index (χ1v) is 5.73. The Morgan fingerprint density at radius 2 is 2.11 bits per heavy atom. The normalized spacial score (nSPS) is 12.2. The van der Waals surface area contributed by atoms with E-state index in [1.165, 1.54) is 24.3 Å². The highest BCUT2D eigenvalue weighted by Crippen LogP contribution is 2.26. The van der Waals surface area contributed by atoms with E-state index in [4.69, 9.17) is 14.3 Å². The van der Waals surface area contributed by atoms with Gasteiger partial charge in [0.1, 0.15) is 17.3 Å². The van der Waals surface area contributed by atoms with Crippen molar-refractivity contribution in [3.05, 3.63) is 53.2 Å². The van der Waals surface area contributed by atoms with Crippen molar-refractivity contribution in [3.8, 4) is 5.75 Å². The standard InChI is InChI=1S/C14H13FO4/c1-8-3-4-10(15)7-13(8)18-9(2)11-5-6-12(19-11)14(16)17/h3-7,9H,1-2H3,(H,16,17). The zero-order valence-corrected chi connectivity index (χ0v) is 10.5. The van der Waals surface area contributed by atoms with Gasteiger partial charge in [0.15, 0.2) is 6.10 Å². The maximum Gasteiger partial charge on any atom is 0.371 e. The molecule has 0 bridgehead atoms. The van der Waals surface area contributed by atoms with Gasteiger partial charge in [0.25, 0.3) is 0 Å². The van der Waals surface area contributed by atoms with Crippen LogP contribution in [-0.2, 0) is 0 Å². The molecule has 2 aromatic rings. The van der Waals surface area contributed by atoms with Gasteiger partial charge in [0.2, 0.25) is 5.76 Å². The predicted molar refractivity (Wildman–Crippen MR) is 65.8 cm³/mol. The third-order valence-corrected chi connectivity index (χ3v) is 2.69. The Labute approximate surface area is 109 Å². The van der Waals surface area contributed by atoms with E-state index in [0.717, 1.165) is 5.56 Å². The first-order valence-electron chi connectivity index (χ1n) is 5.73. The zero-order valence-electron chi connectivity index (χ0n) is 10.5. The molecule has 1 aromatic carbocycles. The Hall–Kier alpha value is -2.30. The van der Waals surface area contributed by atoms with Crippen LogP contribution in [0.2, 0.25) is 0 Å². The van der Waals surface area contributed by atoms with Crippen molar-refractivity contribution in [1.82, 2.24) is 0 Å². The quantitative estimate of drug-likeness (QED) is 0.917. The Morgan fingerprint density at radius 1 is 1.37 bits per heavy atom. The van der Waals surface area contributed by atoms with E-state index in [1.807, 2.05) is 0 Å². The predicted octanol–water partition coefficient (Wildman–Crippen LogP) is 3.57. The van der Waals surface area contributed by atoms with Crippen molar-refractivity contribution in [2.24, 2.45) is 0 Å². The highest BCUT2D eigenvalue weighted by Gasteiger charge is 2.16. The highest BCUT2D eigenvalue weighted by molar-refractivity contribution is 5.84. The van der Waals surface area contributed by atoms with Crippen molar-refractivity contribution in [1.29, 1.82) is 0 Å². The number of rotatable bonds is 4. The van der Waals surface area contributed by atoms with Crippen LogP contribution in [0.5, 0.6) is 5.75 Å². The SMILES string of the molecule is Cc1ccc(F)cc1OC(C)c1ccc(C(=O)O)o1. The molecule has 0 aliphatic rings. The topological polar surface area (TPSA) is 59.7 Å². The first kappa shape index (κ1) is 13.1. The molecule has 100 valence electrons. The van der Waals surface area contributed by atoms with E-state index < -0.39 is 17.9 Å². The van der Waals surface area contributed by atoms with Crippen LogP contribution in [0.15, 0.2) is 34.7 Å². The number of carbonyl (C=O) groups is 1. The lowest BCUT2D eigenvalue weighted by molar-refractivity contribution is 0.0655. The summed E-state index contributed by atoms with van der Waals surface area (Å²) in [5.74, 6) is -0.901. The lowest BCUT2D eigenvalue weighted by Gasteiger charge is -2.14. The first-order chi connectivity index (χ1) is 8.97. The van der Waals surface area contributed by atoms with Gasteiger partial charge in [-0.3, -0.25) is 0 Å². The Bertz CT molecular complexity index is 603. The third-order valence-electron chi connectivity index (χ3n) is 2.69. The van der Waals surface area contributed by atoms with Crippen molar-refractivity contribution in [2.75, 3.05) is 0 Å². The van der Waals surface area contributed by atoms with E-state index in [2.05, 4.69) is 0 Å². The van der Waals surface area contributed by atoms with Crippen LogP contribution in [0.1, 0.15) is 34.9 Å². The zero-order chi connectivity index (χ0) is 14.0. The number of carboxylic acids is 1. The molecule has 1 heterocycles. The lowest BCUT2D eigenvalue weighted by Crippen LogP contribution is -2.03. The van der Waals surface area contributed by atoms with Crippen LogP contribution in [0.4, 0.5) is 4.39 Å². The summed E-state index contributed by atoms with van der Waals surface area (Å²) >= 11 is 0. The van der Waals surface area contributed by atoms with Crippen molar-refractivity contribution in [3.63, 3.8) is 0 Å². The van der Waals surface area contributed by atoms with Gasteiger partial charge in [0.05, 0.1) is 0 Å². The van der Waals surface area contributed by atoms with Gasteiger partial charge < -0.3 is 14.3 Å². The molecule has 1 N–H and O–H groups in total. The molecule has 0 spiro atoms. The number of hydrogen-bond acceptors (Lipinski definition) is 3. The molecule has 1 unspecified atom stereocenters. The minimum atomic E-state index is -1.14. The average molecular weight is 264 g/mol. The molecule has 0 saturated carbocycles. The monoisotopic (exact) mass is 264 g/mol. The molecule has 2 rings (SSSR count). The van der Waals surface area contributed by atoms with Crippen LogP contribution in [0, 0.1) is 12.7 Å². The number of aromatic carboxylic acids is 1. The van der Waals surface area contributed by atoms with Crippen LogP contribution < -0.4 is 4.74 Å². The highest BCUT2D eigenvalue weighted by atomic mass is 19.1. The van der Waals surface area contributed by atoms with Gasteiger partial charge in [-0.25, -0.2) is 9.18 Å². The number of ether oxygens (including phenoxy) is 1. The van der Waals surface area contributed by atoms with Gasteiger partial charge in [-0.2, -0.15) is 0 Å². The van der Waals surface area contributed by atoms with Crippen LogP contribution >= 0.6 is 0 Å². The fourth-order valence-electron chi connectivity index (χ4n) is 1.64. The minimum Gasteiger partial charge on any atom is -0.482 e. The van der Waals surface area contributed by atoms with Crippen molar-refractivity contribution >= 4 is 5.97 Å². The molecule has 5 heteroatoms. The van der Waals surface area contributed by atoms with Gasteiger partial charge in [0, 0.05) is 6.07 Å². The molecule has 0 amide bonds. The minimum absolute atomic E-state index is 0.151. The molecule has 0 saturated heterocycles. The Kier molecular flexibility index (Phi) is 3.55. The van der Waals surface area contributed by atoms with Gasteiger partial charge in [-0.1, -0.05) is 6.07 Å². The number of halogens is 1. The number of carboxylic acid groups (broad SMARTS) is 1. The lowest BCUT2D eigenvalue weighted by atomic mass is 10.2. The van der Waals surface area contributed by atoms with Crippen LogP contribution in [0.3, 0.4) is 0 Å². The summed E-state index contributed by atoms with van der Waals surface area (Å²) in [5.41, 5.74) is 0.790. The summed E-state index contributed by atoms with van der Waals surface area (Å²) < 4.78 is 23.8. The second kappa shape index (κ2) is 5.14. The van der Waals surface area contributed by atoms with E-state index >= 15 is 0 Å². The molecule has 19 heavy (non-hydrogen) atoms. The third kappa shape index (κ3) is 2.93. The second-order valence-electron chi connectivity index (χ2n) is 4.18. The molecule has 1 aromatic heterocycles. The van der Waals surface area contributed by atoms with Gasteiger partial charge in [-0.15, -0.1) is 0 Å². The Balaban J connectivity index is 2.17. The smallest absolute Gasteiger partial charge is 0.371 e. The molecule has 0 fully saturated rings. The van der Waals surface area contributed by atoms with Crippen molar-refractivity contribution in [2.45, 2.75) is 20.0 Å². The molecule has 0 aliphatic carbocycles. The van der Waals surface area contributed by atoms with Gasteiger partial charge >= 0.3 is 5.97 Å².